The van der Waals surface area contributed by atoms with E-state index in [0.29, 0.717) is 30.5 Å². The Balaban J connectivity index is 1.48. The maximum Gasteiger partial charge on any atom is 0.230 e. The van der Waals surface area contributed by atoms with Gasteiger partial charge in [0.25, 0.3) is 0 Å². The Bertz CT molecular complexity index is 1110. The summed E-state index contributed by atoms with van der Waals surface area (Å²) in [6.45, 7) is 7.87. The van der Waals surface area contributed by atoms with E-state index in [9.17, 15) is 4.79 Å². The van der Waals surface area contributed by atoms with Crippen LogP contribution < -0.4 is 20.5 Å². The minimum absolute atomic E-state index is 0.0210. The number of nitrogen functional groups attached to an aromatic ring is 1. The van der Waals surface area contributed by atoms with E-state index in [2.05, 4.69) is 19.9 Å². The van der Waals surface area contributed by atoms with E-state index < -0.39 is 5.41 Å². The number of pyridine rings is 1. The normalized spacial score (nSPS) is 11.3. The summed E-state index contributed by atoms with van der Waals surface area (Å²) in [6.07, 6.45) is 9.03. The number of methoxy groups -OCH3 is 1. The van der Waals surface area contributed by atoms with E-state index in [1.165, 1.54) is 5.56 Å². The molecule has 0 radical (unpaired) electrons. The van der Waals surface area contributed by atoms with Crippen LogP contribution in [0.1, 0.15) is 49.9 Å². The minimum atomic E-state index is -0.705. The highest BCUT2D eigenvalue weighted by Crippen LogP contribution is 2.33. The lowest BCUT2D eigenvalue weighted by atomic mass is 9.83. The molecule has 2 heterocycles. The smallest absolute Gasteiger partial charge is 0.230 e. The molecule has 0 unspecified atom stereocenters. The van der Waals surface area contributed by atoms with Gasteiger partial charge in [-0.2, -0.15) is 0 Å². The molecule has 0 atom stereocenters. The molecule has 0 aliphatic heterocycles. The van der Waals surface area contributed by atoms with Crippen LogP contribution in [0.5, 0.6) is 11.5 Å². The second kappa shape index (κ2) is 12.2. The van der Waals surface area contributed by atoms with Gasteiger partial charge < -0.3 is 25.1 Å². The van der Waals surface area contributed by atoms with Gasteiger partial charge >= 0.3 is 0 Å². The first-order valence-corrected chi connectivity index (χ1v) is 12.1. The highest BCUT2D eigenvalue weighted by Gasteiger charge is 2.30. The summed E-state index contributed by atoms with van der Waals surface area (Å²) in [5.41, 5.74) is 8.20. The Kier molecular flexibility index (Phi) is 9.11. The number of aromatic nitrogens is 3. The number of hydrogen-bond acceptors (Lipinski definition) is 6. The van der Waals surface area contributed by atoms with Crippen molar-refractivity contribution in [2.24, 2.45) is 0 Å². The first-order valence-electron chi connectivity index (χ1n) is 12.1. The van der Waals surface area contributed by atoms with Crippen LogP contribution in [-0.2, 0) is 23.2 Å². The maximum absolute atomic E-state index is 12.9. The van der Waals surface area contributed by atoms with E-state index >= 15 is 0 Å². The third-order valence-electron chi connectivity index (χ3n) is 6.20. The molecule has 2 aromatic heterocycles. The lowest BCUT2D eigenvalue weighted by molar-refractivity contribution is -0.125. The van der Waals surface area contributed by atoms with Crippen LogP contribution in [0.15, 0.2) is 49.1 Å². The Morgan fingerprint density at radius 1 is 1.14 bits per heavy atom. The zero-order valence-corrected chi connectivity index (χ0v) is 21.2. The number of imidazole rings is 1. The zero-order valence-electron chi connectivity index (χ0n) is 21.2. The number of carbonyl (C=O) groups excluding carboxylic acids is 1. The fourth-order valence-electron chi connectivity index (χ4n) is 3.86. The number of carbonyl (C=O) groups is 1. The molecule has 8 heteroatoms. The Morgan fingerprint density at radius 3 is 2.69 bits per heavy atom. The topological polar surface area (TPSA) is 104 Å². The molecule has 1 amide bonds. The van der Waals surface area contributed by atoms with E-state index in [1.54, 1.807) is 13.3 Å². The molecule has 0 aliphatic carbocycles. The first-order chi connectivity index (χ1) is 16.8. The van der Waals surface area contributed by atoms with Crippen molar-refractivity contribution in [3.05, 3.63) is 65.9 Å². The molecular formula is C27H37N5O3. The van der Waals surface area contributed by atoms with Crippen LogP contribution >= 0.6 is 0 Å². The predicted molar refractivity (Wildman–Crippen MR) is 138 cm³/mol. The van der Waals surface area contributed by atoms with Crippen molar-refractivity contribution in [2.75, 3.05) is 26.0 Å². The number of anilines is 1. The van der Waals surface area contributed by atoms with Crippen molar-refractivity contribution < 1.29 is 14.3 Å². The van der Waals surface area contributed by atoms with Crippen molar-refractivity contribution in [1.29, 1.82) is 0 Å². The number of nitrogens with two attached hydrogens (primary N) is 1. The number of rotatable bonds is 13. The van der Waals surface area contributed by atoms with Crippen LogP contribution in [0.25, 0.3) is 0 Å². The molecule has 0 spiro atoms. The van der Waals surface area contributed by atoms with Crippen LogP contribution in [0.4, 0.5) is 5.82 Å². The monoisotopic (exact) mass is 479 g/mol. The number of nitrogens with one attached hydrogen (secondary N) is 1. The molecule has 0 aliphatic rings. The van der Waals surface area contributed by atoms with Gasteiger partial charge in [-0.05, 0) is 81.8 Å². The van der Waals surface area contributed by atoms with Crippen molar-refractivity contribution in [3.63, 3.8) is 0 Å². The van der Waals surface area contributed by atoms with Crippen molar-refractivity contribution in [2.45, 2.75) is 58.4 Å². The molecule has 0 saturated carbocycles. The van der Waals surface area contributed by atoms with Crippen molar-refractivity contribution >= 4 is 11.7 Å². The average Bonchev–Trinajstić information content (AvgIpc) is 3.25. The predicted octanol–water partition coefficient (Wildman–Crippen LogP) is 4.06. The summed E-state index contributed by atoms with van der Waals surface area (Å²) in [4.78, 5) is 21.1. The van der Waals surface area contributed by atoms with Gasteiger partial charge in [-0.25, -0.2) is 9.97 Å². The number of unbranched alkanes of at least 4 members (excludes halogenated alkanes) is 1. The molecular weight excluding hydrogens is 442 g/mol. The van der Waals surface area contributed by atoms with E-state index in [0.717, 1.165) is 43.5 Å². The van der Waals surface area contributed by atoms with Crippen molar-refractivity contribution in [1.82, 2.24) is 19.9 Å². The van der Waals surface area contributed by atoms with Gasteiger partial charge in [-0.1, -0.05) is 6.07 Å². The lowest BCUT2D eigenvalue weighted by Gasteiger charge is -2.25. The number of nitrogens with zero attached hydrogens (tertiary/aromatic N) is 3. The largest absolute Gasteiger partial charge is 0.493 e. The summed E-state index contributed by atoms with van der Waals surface area (Å²) in [5.74, 6) is 1.83. The highest BCUT2D eigenvalue weighted by molar-refractivity contribution is 5.87. The molecule has 3 rings (SSSR count). The molecule has 3 aromatic rings. The molecule has 0 bridgehead atoms. The Labute approximate surface area is 207 Å². The quantitative estimate of drug-likeness (QED) is 0.358. The third-order valence-corrected chi connectivity index (χ3v) is 6.20. The molecule has 35 heavy (non-hydrogen) atoms. The van der Waals surface area contributed by atoms with Gasteiger partial charge in [-0.3, -0.25) is 4.79 Å². The summed E-state index contributed by atoms with van der Waals surface area (Å²) in [5, 5.41) is 3.06. The SMILES string of the molecule is COc1cc(C(C)(C)C(=O)NCCCn2cncc2C)ccc1OCCCCc1ccnc(N)c1. The summed E-state index contributed by atoms with van der Waals surface area (Å²) in [7, 11) is 1.62. The fourth-order valence-corrected chi connectivity index (χ4v) is 3.86. The van der Waals surface area contributed by atoms with Crippen molar-refractivity contribution in [3.8, 4) is 11.5 Å². The second-order valence-corrected chi connectivity index (χ2v) is 9.22. The molecule has 0 saturated heterocycles. The van der Waals surface area contributed by atoms with Gasteiger partial charge in [0.05, 0.1) is 25.5 Å². The standard InChI is InChI=1S/C27H37N5O3/c1-20-18-29-19-32(20)14-7-12-31-26(33)27(2,3)22-9-10-23(24(17-22)34-4)35-15-6-5-8-21-11-13-30-25(28)16-21/h9-11,13,16-19H,5-8,12,14-15H2,1-4H3,(H2,28,30)(H,31,33). The molecule has 3 N–H and O–H groups in total. The van der Waals surface area contributed by atoms with E-state index in [-0.39, 0.29) is 5.91 Å². The molecule has 188 valence electrons. The summed E-state index contributed by atoms with van der Waals surface area (Å²) < 4.78 is 13.6. The molecule has 0 fully saturated rings. The van der Waals surface area contributed by atoms with Crippen LogP contribution in [0, 0.1) is 6.92 Å². The minimum Gasteiger partial charge on any atom is -0.493 e. The summed E-state index contributed by atoms with van der Waals surface area (Å²) in [6, 6.07) is 9.60. The number of benzene rings is 1. The highest BCUT2D eigenvalue weighted by atomic mass is 16.5. The lowest BCUT2D eigenvalue weighted by Crippen LogP contribution is -2.40. The number of amides is 1. The zero-order chi connectivity index (χ0) is 25.3. The maximum atomic E-state index is 12.9. The first kappa shape index (κ1) is 26.1. The van der Waals surface area contributed by atoms with Gasteiger partial charge in [-0.15, -0.1) is 0 Å². The number of hydrogen-bond donors (Lipinski definition) is 2. The van der Waals surface area contributed by atoms with Gasteiger partial charge in [0.15, 0.2) is 11.5 Å². The van der Waals surface area contributed by atoms with Gasteiger partial charge in [0, 0.05) is 31.2 Å². The average molecular weight is 480 g/mol. The Hall–Kier alpha value is -3.55. The molecule has 8 nitrogen and oxygen atoms in total. The van der Waals surface area contributed by atoms with Crippen LogP contribution in [0.3, 0.4) is 0 Å². The van der Waals surface area contributed by atoms with Crippen LogP contribution in [0.2, 0.25) is 0 Å². The van der Waals surface area contributed by atoms with Gasteiger partial charge in [0.2, 0.25) is 5.91 Å². The third kappa shape index (κ3) is 7.21. The van der Waals surface area contributed by atoms with E-state index in [4.69, 9.17) is 15.2 Å². The number of aryl methyl sites for hydroxylation is 3. The second-order valence-electron chi connectivity index (χ2n) is 9.22. The number of ether oxygens (including phenoxy) is 2. The van der Waals surface area contributed by atoms with Crippen LogP contribution in [-0.4, -0.2) is 40.7 Å². The van der Waals surface area contributed by atoms with Gasteiger partial charge in [0.1, 0.15) is 5.82 Å². The van der Waals surface area contributed by atoms with E-state index in [1.807, 2.05) is 63.6 Å². The summed E-state index contributed by atoms with van der Waals surface area (Å²) >= 11 is 0. The Morgan fingerprint density at radius 2 is 1.97 bits per heavy atom. The molecule has 1 aromatic carbocycles. The fraction of sp³-hybridized carbons (Fsp3) is 0.444.